The zero-order valence-electron chi connectivity index (χ0n) is 10.0. The Bertz CT molecular complexity index is 535. The molecule has 0 bridgehead atoms. The first-order valence-corrected chi connectivity index (χ1v) is 6.58. The molecule has 1 aromatic carbocycles. The quantitative estimate of drug-likeness (QED) is 0.804. The highest BCUT2D eigenvalue weighted by Crippen LogP contribution is 2.05. The number of hydrogen-bond acceptors (Lipinski definition) is 4. The van der Waals surface area contributed by atoms with Crippen LogP contribution in [0.3, 0.4) is 0 Å². The van der Waals surface area contributed by atoms with Gasteiger partial charge in [-0.15, -0.1) is 4.83 Å². The monoisotopic (exact) mass is 270 g/mol. The number of rotatable bonds is 4. The van der Waals surface area contributed by atoms with E-state index in [1.165, 1.54) is 6.08 Å². The first kappa shape index (κ1) is 14.2. The summed E-state index contributed by atoms with van der Waals surface area (Å²) in [6, 6.07) is 7.31. The lowest BCUT2D eigenvalue weighted by Crippen LogP contribution is -2.40. The number of carbonyl (C=O) groups is 1. The van der Waals surface area contributed by atoms with Gasteiger partial charge in [0.15, 0.2) is 0 Å². The molecule has 7 heteroatoms. The molecule has 0 fully saturated rings. The van der Waals surface area contributed by atoms with Crippen molar-refractivity contribution in [2.45, 2.75) is 6.92 Å². The molecule has 0 aliphatic heterocycles. The summed E-state index contributed by atoms with van der Waals surface area (Å²) in [6.45, 7) is 1.94. The fraction of sp³-hybridized carbons (Fsp3) is 0.182. The van der Waals surface area contributed by atoms with E-state index in [9.17, 15) is 13.2 Å². The maximum absolute atomic E-state index is 11.4. The van der Waals surface area contributed by atoms with E-state index in [4.69, 9.17) is 0 Å². The van der Waals surface area contributed by atoms with Crippen LogP contribution < -0.4 is 10.3 Å². The number of methoxy groups -OCH3 is 1. The summed E-state index contributed by atoms with van der Waals surface area (Å²) in [5, 5.41) is 0.952. The summed E-state index contributed by atoms with van der Waals surface area (Å²) in [6.07, 6.45) is 0.531. The zero-order valence-corrected chi connectivity index (χ0v) is 10.8. The molecule has 2 N–H and O–H groups in total. The Kier molecular flexibility index (Phi) is 4.87. The number of aryl methyl sites for hydroxylation is 1. The lowest BCUT2D eigenvalue weighted by molar-refractivity contribution is 0.169. The molecule has 0 heterocycles. The molecule has 0 saturated carbocycles. The Hall–Kier alpha value is -1.86. The molecule has 0 spiro atoms. The van der Waals surface area contributed by atoms with Crippen molar-refractivity contribution in [3.05, 3.63) is 40.8 Å². The summed E-state index contributed by atoms with van der Waals surface area (Å²) in [5.74, 6) is 0. The van der Waals surface area contributed by atoms with E-state index in [1.807, 2.05) is 29.3 Å². The van der Waals surface area contributed by atoms with E-state index in [0.29, 0.717) is 0 Å². The van der Waals surface area contributed by atoms with Crippen molar-refractivity contribution in [1.29, 1.82) is 0 Å². The molecule has 18 heavy (non-hydrogen) atoms. The number of hydrogen-bond donors (Lipinski definition) is 2. The number of carbonyl (C=O) groups excluding carboxylic acids is 1. The molecule has 0 atom stereocenters. The second-order valence-corrected chi connectivity index (χ2v) is 5.04. The van der Waals surface area contributed by atoms with Crippen LogP contribution in [0, 0.1) is 6.92 Å². The molecule has 0 aliphatic rings. The maximum Gasteiger partial charge on any atom is 0.422 e. The molecule has 0 saturated heterocycles. The third-order valence-corrected chi connectivity index (χ3v) is 2.88. The van der Waals surface area contributed by atoms with Crippen molar-refractivity contribution >= 4 is 22.2 Å². The number of amides is 1. The number of hydrazine groups is 1. The molecule has 0 unspecified atom stereocenters. The van der Waals surface area contributed by atoms with Crippen LogP contribution in [0.4, 0.5) is 4.79 Å². The van der Waals surface area contributed by atoms with Gasteiger partial charge in [0.05, 0.1) is 7.11 Å². The molecule has 0 radical (unpaired) electrons. The molecular formula is C11H14N2O4S. The second kappa shape index (κ2) is 6.18. The fourth-order valence-corrected chi connectivity index (χ4v) is 1.67. The predicted molar refractivity (Wildman–Crippen MR) is 67.8 cm³/mol. The van der Waals surface area contributed by atoms with Crippen LogP contribution in [-0.2, 0) is 14.8 Å². The molecule has 0 aliphatic carbocycles. The standard InChI is InChI=1S/C11H14N2O4S/c1-9-3-5-10(6-4-9)7-8-18(15,16)13-12-11(14)17-2/h3-8,13H,1-2H3,(H,12,14)/b8-7+. The van der Waals surface area contributed by atoms with Crippen LogP contribution in [-0.4, -0.2) is 21.6 Å². The number of benzene rings is 1. The van der Waals surface area contributed by atoms with Gasteiger partial charge in [-0.25, -0.2) is 18.6 Å². The van der Waals surface area contributed by atoms with Crippen LogP contribution in [0.15, 0.2) is 29.7 Å². The molecule has 0 aromatic heterocycles. The summed E-state index contributed by atoms with van der Waals surface area (Å²) in [5.41, 5.74) is 3.69. The minimum atomic E-state index is -3.74. The van der Waals surface area contributed by atoms with Gasteiger partial charge in [-0.1, -0.05) is 29.8 Å². The highest BCUT2D eigenvalue weighted by molar-refractivity contribution is 7.92. The average Bonchev–Trinajstić information content (AvgIpc) is 2.35. The van der Waals surface area contributed by atoms with E-state index in [2.05, 4.69) is 4.74 Å². The van der Waals surface area contributed by atoms with Gasteiger partial charge in [-0.2, -0.15) is 0 Å². The normalized spacial score (nSPS) is 11.4. The minimum absolute atomic E-state index is 0.740. The van der Waals surface area contributed by atoms with Gasteiger partial charge >= 0.3 is 6.09 Å². The van der Waals surface area contributed by atoms with E-state index in [0.717, 1.165) is 23.6 Å². The van der Waals surface area contributed by atoms with Gasteiger partial charge < -0.3 is 4.74 Å². The van der Waals surface area contributed by atoms with Gasteiger partial charge in [-0.3, -0.25) is 0 Å². The van der Waals surface area contributed by atoms with Crippen molar-refractivity contribution in [1.82, 2.24) is 10.3 Å². The van der Waals surface area contributed by atoms with Gasteiger partial charge in [0.2, 0.25) is 0 Å². The van der Waals surface area contributed by atoms with Crippen LogP contribution in [0.2, 0.25) is 0 Å². The molecule has 98 valence electrons. The zero-order chi connectivity index (χ0) is 13.6. The Labute approximate surface area is 106 Å². The van der Waals surface area contributed by atoms with E-state index >= 15 is 0 Å². The topological polar surface area (TPSA) is 84.5 Å². The first-order chi connectivity index (χ1) is 8.43. The molecular weight excluding hydrogens is 256 g/mol. The smallest absolute Gasteiger partial charge is 0.422 e. The van der Waals surface area contributed by atoms with E-state index < -0.39 is 16.1 Å². The average molecular weight is 270 g/mol. The molecule has 6 nitrogen and oxygen atoms in total. The van der Waals surface area contributed by atoms with Gasteiger partial charge in [0.25, 0.3) is 10.0 Å². The third-order valence-electron chi connectivity index (χ3n) is 2.00. The molecule has 1 amide bonds. The number of nitrogens with one attached hydrogen (secondary N) is 2. The summed E-state index contributed by atoms with van der Waals surface area (Å²) < 4.78 is 27.1. The van der Waals surface area contributed by atoms with E-state index in [-0.39, 0.29) is 0 Å². The van der Waals surface area contributed by atoms with Gasteiger partial charge in [0.1, 0.15) is 0 Å². The first-order valence-electron chi connectivity index (χ1n) is 5.03. The minimum Gasteiger partial charge on any atom is -0.452 e. The van der Waals surface area contributed by atoms with Crippen molar-refractivity contribution < 1.29 is 17.9 Å². The Morgan fingerprint density at radius 3 is 2.44 bits per heavy atom. The number of sulfonamides is 1. The van der Waals surface area contributed by atoms with Crippen LogP contribution >= 0.6 is 0 Å². The van der Waals surface area contributed by atoms with Crippen molar-refractivity contribution in [2.24, 2.45) is 0 Å². The highest BCUT2D eigenvalue weighted by Gasteiger charge is 2.06. The SMILES string of the molecule is COC(=O)NNS(=O)(=O)/C=C/c1ccc(C)cc1. The van der Waals surface area contributed by atoms with Gasteiger partial charge in [-0.05, 0) is 18.6 Å². The summed E-state index contributed by atoms with van der Waals surface area (Å²) >= 11 is 0. The Morgan fingerprint density at radius 1 is 1.28 bits per heavy atom. The van der Waals surface area contributed by atoms with Crippen molar-refractivity contribution in [2.75, 3.05) is 7.11 Å². The van der Waals surface area contributed by atoms with Gasteiger partial charge in [0, 0.05) is 5.41 Å². The van der Waals surface area contributed by atoms with Crippen LogP contribution in [0.5, 0.6) is 0 Å². The fourth-order valence-electron chi connectivity index (χ4n) is 1.04. The lowest BCUT2D eigenvalue weighted by atomic mass is 10.2. The second-order valence-electron chi connectivity index (χ2n) is 3.48. The van der Waals surface area contributed by atoms with Crippen molar-refractivity contribution in [3.8, 4) is 0 Å². The lowest BCUT2D eigenvalue weighted by Gasteiger charge is -2.03. The largest absolute Gasteiger partial charge is 0.452 e. The highest BCUT2D eigenvalue weighted by atomic mass is 32.2. The third kappa shape index (κ3) is 4.98. The Morgan fingerprint density at radius 2 is 1.89 bits per heavy atom. The number of ether oxygens (including phenoxy) is 1. The van der Waals surface area contributed by atoms with Crippen molar-refractivity contribution in [3.63, 3.8) is 0 Å². The molecule has 1 rings (SSSR count). The van der Waals surface area contributed by atoms with Crippen LogP contribution in [0.25, 0.3) is 6.08 Å². The maximum atomic E-state index is 11.4. The molecule has 1 aromatic rings. The summed E-state index contributed by atoms with van der Waals surface area (Å²) in [7, 11) is -2.61. The van der Waals surface area contributed by atoms with Crippen LogP contribution in [0.1, 0.15) is 11.1 Å². The summed E-state index contributed by atoms with van der Waals surface area (Å²) in [4.78, 5) is 12.5. The van der Waals surface area contributed by atoms with E-state index in [1.54, 1.807) is 12.1 Å². The predicted octanol–water partition coefficient (Wildman–Crippen LogP) is 1.16. The Balaban J connectivity index is 2.65.